The van der Waals surface area contributed by atoms with Gasteiger partial charge in [-0.25, -0.2) is 0 Å². The van der Waals surface area contributed by atoms with Crippen LogP contribution in [0.25, 0.3) is 0 Å². The summed E-state index contributed by atoms with van der Waals surface area (Å²) in [5, 5.41) is 9.36. The van der Waals surface area contributed by atoms with Crippen molar-refractivity contribution in [2.45, 2.75) is 51.8 Å². The summed E-state index contributed by atoms with van der Waals surface area (Å²) in [5.41, 5.74) is 0. The maximum Gasteiger partial charge on any atom is 0.303 e. The predicted molar refractivity (Wildman–Crippen MR) is 52.3 cm³/mol. The smallest absolute Gasteiger partial charge is 0.303 e. The van der Waals surface area contributed by atoms with Crippen LogP contribution in [-0.4, -0.2) is 41.6 Å². The molecule has 1 rings (SSSR count). The van der Waals surface area contributed by atoms with Gasteiger partial charge in [0.25, 0.3) is 0 Å². The molecule has 1 N–H and O–H groups in total. The molecule has 0 aromatic carbocycles. The molecule has 0 bridgehead atoms. The summed E-state index contributed by atoms with van der Waals surface area (Å²) >= 11 is 0. The molecule has 0 aromatic heterocycles. The quantitative estimate of drug-likeness (QED) is 0.674. The molecule has 16 heavy (non-hydrogen) atoms. The van der Waals surface area contributed by atoms with Gasteiger partial charge in [0.15, 0.2) is 12.4 Å². The van der Waals surface area contributed by atoms with Gasteiger partial charge in [-0.15, -0.1) is 0 Å². The SMILES string of the molecule is CC(=O)O[C@H]1[C@@H](OC(C)=O)C[C@H](O)O[C@@H]1C. The summed E-state index contributed by atoms with van der Waals surface area (Å²) < 4.78 is 15.1. The maximum absolute atomic E-state index is 10.9. The Morgan fingerprint density at radius 1 is 1.25 bits per heavy atom. The normalized spacial score (nSPS) is 34.2. The van der Waals surface area contributed by atoms with Crippen molar-refractivity contribution in [1.82, 2.24) is 0 Å². The molecule has 92 valence electrons. The van der Waals surface area contributed by atoms with E-state index in [1.165, 1.54) is 13.8 Å². The minimum atomic E-state index is -1.01. The first kappa shape index (κ1) is 12.9. The minimum Gasteiger partial charge on any atom is -0.458 e. The van der Waals surface area contributed by atoms with Gasteiger partial charge in [0.2, 0.25) is 0 Å². The molecule has 1 aliphatic heterocycles. The van der Waals surface area contributed by atoms with E-state index in [2.05, 4.69) is 0 Å². The second-order valence-corrected chi connectivity index (χ2v) is 3.75. The number of carbonyl (C=O) groups is 2. The molecule has 6 heteroatoms. The molecule has 0 radical (unpaired) electrons. The van der Waals surface area contributed by atoms with Crippen LogP contribution in [0.2, 0.25) is 0 Å². The largest absolute Gasteiger partial charge is 0.458 e. The third-order valence-electron chi connectivity index (χ3n) is 2.25. The van der Waals surface area contributed by atoms with E-state index in [4.69, 9.17) is 14.2 Å². The van der Waals surface area contributed by atoms with Crippen molar-refractivity contribution in [3.63, 3.8) is 0 Å². The third-order valence-corrected chi connectivity index (χ3v) is 2.25. The zero-order chi connectivity index (χ0) is 12.3. The molecule has 0 spiro atoms. The van der Waals surface area contributed by atoms with Gasteiger partial charge in [0, 0.05) is 20.3 Å². The van der Waals surface area contributed by atoms with E-state index in [-0.39, 0.29) is 6.42 Å². The molecule has 1 heterocycles. The molecule has 0 aliphatic carbocycles. The lowest BCUT2D eigenvalue weighted by molar-refractivity contribution is -0.241. The number of aliphatic hydroxyl groups excluding tert-OH is 1. The molecule has 0 aromatic rings. The van der Waals surface area contributed by atoms with Crippen molar-refractivity contribution in [3.8, 4) is 0 Å². The van der Waals surface area contributed by atoms with Gasteiger partial charge in [-0.2, -0.15) is 0 Å². The van der Waals surface area contributed by atoms with Crippen LogP contribution < -0.4 is 0 Å². The fraction of sp³-hybridized carbons (Fsp3) is 0.800. The number of aliphatic hydroxyl groups is 1. The van der Waals surface area contributed by atoms with Gasteiger partial charge in [0.05, 0.1) is 6.10 Å². The highest BCUT2D eigenvalue weighted by Crippen LogP contribution is 2.24. The van der Waals surface area contributed by atoms with E-state index >= 15 is 0 Å². The van der Waals surface area contributed by atoms with Crippen LogP contribution in [0.1, 0.15) is 27.2 Å². The minimum absolute atomic E-state index is 0.0991. The van der Waals surface area contributed by atoms with E-state index in [0.29, 0.717) is 0 Å². The third kappa shape index (κ3) is 3.46. The molecule has 6 nitrogen and oxygen atoms in total. The highest BCUT2D eigenvalue weighted by Gasteiger charge is 2.40. The van der Waals surface area contributed by atoms with Crippen molar-refractivity contribution in [1.29, 1.82) is 0 Å². The lowest BCUT2D eigenvalue weighted by atomic mass is 10.0. The lowest BCUT2D eigenvalue weighted by Gasteiger charge is -2.37. The standard InChI is InChI=1S/C10H16O6/c1-5-10(16-7(3)12)8(15-6(2)11)4-9(13)14-5/h5,8-10,13H,4H2,1-3H3/t5-,8+,9-,10-/m1/s1. The monoisotopic (exact) mass is 232 g/mol. The average molecular weight is 232 g/mol. The van der Waals surface area contributed by atoms with Gasteiger partial charge < -0.3 is 19.3 Å². The second kappa shape index (κ2) is 5.27. The van der Waals surface area contributed by atoms with Crippen molar-refractivity contribution in [2.24, 2.45) is 0 Å². The summed E-state index contributed by atoms with van der Waals surface area (Å²) in [6.07, 6.45) is -2.77. The first-order valence-electron chi connectivity index (χ1n) is 5.08. The fourth-order valence-corrected chi connectivity index (χ4v) is 1.71. The molecule has 1 aliphatic rings. The first-order valence-corrected chi connectivity index (χ1v) is 5.08. The van der Waals surface area contributed by atoms with Crippen molar-refractivity contribution in [3.05, 3.63) is 0 Å². The number of hydrogen-bond donors (Lipinski definition) is 1. The Hall–Kier alpha value is -1.14. The Bertz CT molecular complexity index is 276. The molecule has 0 saturated carbocycles. The van der Waals surface area contributed by atoms with Crippen molar-refractivity contribution in [2.75, 3.05) is 0 Å². The molecule has 0 amide bonds. The highest BCUT2D eigenvalue weighted by atomic mass is 16.7. The topological polar surface area (TPSA) is 82.1 Å². The second-order valence-electron chi connectivity index (χ2n) is 3.75. The van der Waals surface area contributed by atoms with Crippen LogP contribution in [0.15, 0.2) is 0 Å². The number of ether oxygens (including phenoxy) is 3. The zero-order valence-corrected chi connectivity index (χ0v) is 9.50. The van der Waals surface area contributed by atoms with Gasteiger partial charge in [0.1, 0.15) is 6.10 Å². The Balaban J connectivity index is 2.71. The first-order chi connectivity index (χ1) is 7.40. The van der Waals surface area contributed by atoms with E-state index in [1.807, 2.05) is 0 Å². The Morgan fingerprint density at radius 3 is 2.31 bits per heavy atom. The summed E-state index contributed by atoms with van der Waals surface area (Å²) in [6, 6.07) is 0. The van der Waals surface area contributed by atoms with Gasteiger partial charge in [-0.05, 0) is 6.92 Å². The maximum atomic E-state index is 10.9. The summed E-state index contributed by atoms with van der Waals surface area (Å²) in [6.45, 7) is 4.17. The molecular formula is C10H16O6. The summed E-state index contributed by atoms with van der Waals surface area (Å²) in [4.78, 5) is 21.8. The van der Waals surface area contributed by atoms with E-state index in [0.717, 1.165) is 0 Å². The van der Waals surface area contributed by atoms with E-state index in [1.54, 1.807) is 6.92 Å². The lowest BCUT2D eigenvalue weighted by Crippen LogP contribution is -2.50. The molecule has 4 atom stereocenters. The van der Waals surface area contributed by atoms with Crippen LogP contribution in [0.4, 0.5) is 0 Å². The van der Waals surface area contributed by atoms with Crippen molar-refractivity contribution >= 4 is 11.9 Å². The summed E-state index contributed by atoms with van der Waals surface area (Å²) in [7, 11) is 0. The highest BCUT2D eigenvalue weighted by molar-refractivity contribution is 5.67. The van der Waals surface area contributed by atoms with Crippen LogP contribution >= 0.6 is 0 Å². The fourth-order valence-electron chi connectivity index (χ4n) is 1.71. The van der Waals surface area contributed by atoms with Crippen LogP contribution in [0.3, 0.4) is 0 Å². The Kier molecular flexibility index (Phi) is 4.26. The Morgan fingerprint density at radius 2 is 1.81 bits per heavy atom. The van der Waals surface area contributed by atoms with Crippen LogP contribution in [0, 0.1) is 0 Å². The zero-order valence-electron chi connectivity index (χ0n) is 9.50. The molecule has 1 saturated heterocycles. The van der Waals surface area contributed by atoms with E-state index in [9.17, 15) is 14.7 Å². The molecule has 1 fully saturated rings. The van der Waals surface area contributed by atoms with Crippen molar-refractivity contribution < 1.29 is 28.9 Å². The van der Waals surface area contributed by atoms with Gasteiger partial charge in [-0.3, -0.25) is 9.59 Å². The molecular weight excluding hydrogens is 216 g/mol. The number of carbonyl (C=O) groups excluding carboxylic acids is 2. The predicted octanol–water partition coefficient (Wildman–Crippen LogP) is -0.0230. The van der Waals surface area contributed by atoms with Gasteiger partial charge >= 0.3 is 11.9 Å². The van der Waals surface area contributed by atoms with Gasteiger partial charge in [-0.1, -0.05) is 0 Å². The number of hydrogen-bond acceptors (Lipinski definition) is 6. The Labute approximate surface area is 93.5 Å². The van der Waals surface area contributed by atoms with E-state index < -0.39 is 36.5 Å². The van der Waals surface area contributed by atoms with Crippen LogP contribution in [0.5, 0.6) is 0 Å². The molecule has 0 unspecified atom stereocenters. The summed E-state index contributed by atoms with van der Waals surface area (Å²) in [5.74, 6) is -0.961. The van der Waals surface area contributed by atoms with Crippen LogP contribution in [-0.2, 0) is 23.8 Å². The number of esters is 2. The average Bonchev–Trinajstić information content (AvgIpc) is 2.09. The number of rotatable bonds is 2.